The standard InChI is InChI=1S/C13H16N/c1-4-10-14(11-5-1)12-6-9-13-7-2-3-8-13/h1-5,7,10-11H,6,8-9,12H2/q+1. The molecule has 1 aliphatic carbocycles. The third-order valence-corrected chi connectivity index (χ3v) is 2.54. The second-order valence-electron chi connectivity index (χ2n) is 3.67. The fourth-order valence-electron chi connectivity index (χ4n) is 1.75. The van der Waals surface area contributed by atoms with Crippen LogP contribution in [-0.4, -0.2) is 0 Å². The zero-order chi connectivity index (χ0) is 9.64. The van der Waals surface area contributed by atoms with E-state index in [1.165, 1.54) is 19.3 Å². The van der Waals surface area contributed by atoms with Gasteiger partial charge in [0.2, 0.25) is 0 Å². The summed E-state index contributed by atoms with van der Waals surface area (Å²) in [6.45, 7) is 1.12. The Balaban J connectivity index is 1.73. The molecular formula is C13H16N+. The first-order chi connectivity index (χ1) is 6.95. The van der Waals surface area contributed by atoms with Crippen molar-refractivity contribution in [3.8, 4) is 0 Å². The van der Waals surface area contributed by atoms with E-state index >= 15 is 0 Å². The topological polar surface area (TPSA) is 3.88 Å². The Bertz CT molecular complexity index is 336. The lowest BCUT2D eigenvalue weighted by Crippen LogP contribution is -2.32. The van der Waals surface area contributed by atoms with E-state index in [9.17, 15) is 0 Å². The Morgan fingerprint density at radius 2 is 2.00 bits per heavy atom. The Morgan fingerprint density at radius 3 is 2.71 bits per heavy atom. The Morgan fingerprint density at radius 1 is 1.14 bits per heavy atom. The highest BCUT2D eigenvalue weighted by molar-refractivity contribution is 5.22. The normalized spacial score (nSPS) is 14.4. The molecule has 0 aromatic carbocycles. The molecule has 0 spiro atoms. The predicted molar refractivity (Wildman–Crippen MR) is 57.7 cm³/mol. The summed E-state index contributed by atoms with van der Waals surface area (Å²) in [5, 5.41) is 0. The predicted octanol–water partition coefficient (Wildman–Crippen LogP) is 2.64. The van der Waals surface area contributed by atoms with Crippen molar-refractivity contribution in [2.45, 2.75) is 25.8 Å². The van der Waals surface area contributed by atoms with Crippen LogP contribution in [0.15, 0.2) is 54.4 Å². The number of nitrogens with zero attached hydrogens (tertiary/aromatic N) is 1. The molecule has 0 radical (unpaired) electrons. The molecule has 0 saturated carbocycles. The van der Waals surface area contributed by atoms with Crippen LogP contribution in [0, 0.1) is 0 Å². The molecule has 1 aliphatic rings. The molecule has 1 aromatic heterocycles. The van der Waals surface area contributed by atoms with Gasteiger partial charge in [-0.3, -0.25) is 0 Å². The number of hydrogen-bond donors (Lipinski definition) is 0. The lowest BCUT2D eigenvalue weighted by molar-refractivity contribution is -0.697. The highest BCUT2D eigenvalue weighted by Crippen LogP contribution is 2.15. The van der Waals surface area contributed by atoms with E-state index in [2.05, 4.69) is 53.4 Å². The minimum Gasteiger partial charge on any atom is -0.205 e. The quantitative estimate of drug-likeness (QED) is 0.636. The van der Waals surface area contributed by atoms with Crippen molar-refractivity contribution >= 4 is 0 Å². The number of rotatable bonds is 4. The molecule has 0 bridgehead atoms. The highest BCUT2D eigenvalue weighted by atomic mass is 14.9. The maximum absolute atomic E-state index is 2.25. The van der Waals surface area contributed by atoms with Gasteiger partial charge in [0.25, 0.3) is 0 Å². The summed E-state index contributed by atoms with van der Waals surface area (Å²) in [6, 6.07) is 6.21. The zero-order valence-electron chi connectivity index (χ0n) is 8.39. The second kappa shape index (κ2) is 4.75. The average molecular weight is 186 g/mol. The van der Waals surface area contributed by atoms with Gasteiger partial charge < -0.3 is 0 Å². The molecule has 0 N–H and O–H groups in total. The fraction of sp³-hybridized carbons (Fsp3) is 0.308. The van der Waals surface area contributed by atoms with E-state index in [-0.39, 0.29) is 0 Å². The molecule has 2 rings (SSSR count). The fourth-order valence-corrected chi connectivity index (χ4v) is 1.75. The molecule has 0 amide bonds. The molecule has 1 aromatic rings. The number of hydrogen-bond acceptors (Lipinski definition) is 0. The van der Waals surface area contributed by atoms with Crippen molar-refractivity contribution in [1.29, 1.82) is 0 Å². The molecule has 0 fully saturated rings. The van der Waals surface area contributed by atoms with Crippen molar-refractivity contribution in [2.24, 2.45) is 0 Å². The van der Waals surface area contributed by atoms with Gasteiger partial charge in [0, 0.05) is 18.6 Å². The molecule has 1 heterocycles. The van der Waals surface area contributed by atoms with Gasteiger partial charge in [0.15, 0.2) is 12.4 Å². The molecule has 14 heavy (non-hydrogen) atoms. The Labute approximate surface area is 85.4 Å². The third-order valence-electron chi connectivity index (χ3n) is 2.54. The third kappa shape index (κ3) is 2.56. The maximum atomic E-state index is 2.25. The monoisotopic (exact) mass is 186 g/mol. The smallest absolute Gasteiger partial charge is 0.168 e. The first kappa shape index (κ1) is 9.20. The molecule has 1 nitrogen and oxygen atoms in total. The summed E-state index contributed by atoms with van der Waals surface area (Å²) in [7, 11) is 0. The van der Waals surface area contributed by atoms with Crippen LogP contribution in [0.4, 0.5) is 0 Å². The molecule has 0 atom stereocenters. The molecule has 72 valence electrons. The van der Waals surface area contributed by atoms with Gasteiger partial charge in [0.1, 0.15) is 6.54 Å². The van der Waals surface area contributed by atoms with Gasteiger partial charge in [-0.15, -0.1) is 0 Å². The van der Waals surface area contributed by atoms with Crippen LogP contribution in [0.2, 0.25) is 0 Å². The van der Waals surface area contributed by atoms with Crippen molar-refractivity contribution in [1.82, 2.24) is 0 Å². The second-order valence-corrected chi connectivity index (χ2v) is 3.67. The maximum Gasteiger partial charge on any atom is 0.168 e. The SMILES string of the molecule is C1=CCC(CCC[n+]2ccccc2)=C1. The van der Waals surface area contributed by atoms with Gasteiger partial charge in [-0.25, -0.2) is 4.57 Å². The van der Waals surface area contributed by atoms with E-state index in [4.69, 9.17) is 0 Å². The van der Waals surface area contributed by atoms with E-state index in [1.807, 2.05) is 0 Å². The van der Waals surface area contributed by atoms with E-state index in [1.54, 1.807) is 5.57 Å². The molecule has 1 heteroatoms. The molecule has 0 aliphatic heterocycles. The average Bonchev–Trinajstić information content (AvgIpc) is 2.72. The summed E-state index contributed by atoms with van der Waals surface area (Å²) in [5.74, 6) is 0. The van der Waals surface area contributed by atoms with Crippen molar-refractivity contribution in [2.75, 3.05) is 0 Å². The molecule has 0 unspecified atom stereocenters. The number of pyridine rings is 1. The van der Waals surface area contributed by atoms with Gasteiger partial charge >= 0.3 is 0 Å². The minimum absolute atomic E-state index is 1.12. The van der Waals surface area contributed by atoms with Gasteiger partial charge in [-0.1, -0.05) is 29.9 Å². The Kier molecular flexibility index (Phi) is 3.12. The van der Waals surface area contributed by atoms with Crippen LogP contribution >= 0.6 is 0 Å². The minimum atomic E-state index is 1.12. The van der Waals surface area contributed by atoms with Crippen LogP contribution in [0.3, 0.4) is 0 Å². The number of allylic oxidation sites excluding steroid dienone is 4. The van der Waals surface area contributed by atoms with Crippen LogP contribution in [-0.2, 0) is 6.54 Å². The van der Waals surface area contributed by atoms with Crippen molar-refractivity contribution in [3.05, 3.63) is 54.4 Å². The Hall–Kier alpha value is -1.37. The summed E-state index contributed by atoms with van der Waals surface area (Å²) >= 11 is 0. The summed E-state index contributed by atoms with van der Waals surface area (Å²) < 4.78 is 2.24. The van der Waals surface area contributed by atoms with Crippen molar-refractivity contribution in [3.63, 3.8) is 0 Å². The molecular weight excluding hydrogens is 170 g/mol. The summed E-state index contributed by atoms with van der Waals surface area (Å²) in [5.41, 5.74) is 1.57. The number of aromatic nitrogens is 1. The largest absolute Gasteiger partial charge is 0.205 e. The lowest BCUT2D eigenvalue weighted by atomic mass is 10.1. The van der Waals surface area contributed by atoms with E-state index in [0.717, 1.165) is 6.54 Å². The van der Waals surface area contributed by atoms with E-state index in [0.29, 0.717) is 0 Å². The van der Waals surface area contributed by atoms with Crippen LogP contribution in [0.1, 0.15) is 19.3 Å². The van der Waals surface area contributed by atoms with Gasteiger partial charge in [-0.2, -0.15) is 0 Å². The van der Waals surface area contributed by atoms with Crippen molar-refractivity contribution < 1.29 is 4.57 Å². The summed E-state index contributed by atoms with van der Waals surface area (Å²) in [4.78, 5) is 0. The first-order valence-corrected chi connectivity index (χ1v) is 5.24. The van der Waals surface area contributed by atoms with E-state index < -0.39 is 0 Å². The number of aryl methyl sites for hydroxylation is 1. The zero-order valence-corrected chi connectivity index (χ0v) is 8.39. The van der Waals surface area contributed by atoms with Crippen LogP contribution in [0.5, 0.6) is 0 Å². The first-order valence-electron chi connectivity index (χ1n) is 5.24. The summed E-state index contributed by atoms with van der Waals surface area (Å²) in [6.07, 6.45) is 14.5. The van der Waals surface area contributed by atoms with Gasteiger partial charge in [0.05, 0.1) is 0 Å². The lowest BCUT2D eigenvalue weighted by Gasteiger charge is -1.99. The highest BCUT2D eigenvalue weighted by Gasteiger charge is 2.02. The molecule has 0 saturated heterocycles. The van der Waals surface area contributed by atoms with Crippen LogP contribution in [0.25, 0.3) is 0 Å². The van der Waals surface area contributed by atoms with Gasteiger partial charge in [-0.05, 0) is 12.8 Å². The van der Waals surface area contributed by atoms with Crippen LogP contribution < -0.4 is 4.57 Å².